The molecule has 39 heavy (non-hydrogen) atoms. The molecule has 1 saturated heterocycles. The van der Waals surface area contributed by atoms with Crippen molar-refractivity contribution in [1.82, 2.24) is 15.1 Å². The highest BCUT2D eigenvalue weighted by atomic mass is 16.6. The molecule has 0 aliphatic carbocycles. The highest BCUT2D eigenvalue weighted by molar-refractivity contribution is 6.03. The molecule has 8 heteroatoms. The number of ether oxygens (including phenoxy) is 2. The van der Waals surface area contributed by atoms with Gasteiger partial charge in [-0.05, 0) is 83.9 Å². The van der Waals surface area contributed by atoms with Crippen molar-refractivity contribution in [2.24, 2.45) is 0 Å². The van der Waals surface area contributed by atoms with Crippen LogP contribution in [0.25, 0.3) is 22.0 Å². The molecule has 1 amide bonds. The quantitative estimate of drug-likeness (QED) is 0.376. The second-order valence-corrected chi connectivity index (χ2v) is 12.4. The lowest BCUT2D eigenvalue weighted by Crippen LogP contribution is -2.34. The SMILES string of the molecule is CC(CNC(=O)OC(C)(C)C)c1ccc(-c2ccc3c(cnn3C(=O)OC(C)(C)C)c2N2CCCCC2)cc1. The average Bonchev–Trinajstić information content (AvgIpc) is 3.30. The smallest absolute Gasteiger partial charge is 0.435 e. The summed E-state index contributed by atoms with van der Waals surface area (Å²) >= 11 is 0. The minimum atomic E-state index is -0.605. The molecule has 1 fully saturated rings. The Morgan fingerprint density at radius 1 is 0.923 bits per heavy atom. The van der Waals surface area contributed by atoms with Crippen LogP contribution in [0.3, 0.4) is 0 Å². The summed E-state index contributed by atoms with van der Waals surface area (Å²) in [6.45, 7) is 15.6. The van der Waals surface area contributed by atoms with Crippen molar-refractivity contribution in [3.63, 3.8) is 0 Å². The molecule has 1 aliphatic heterocycles. The molecule has 4 rings (SSSR count). The summed E-state index contributed by atoms with van der Waals surface area (Å²) in [6.07, 6.45) is 4.40. The minimum Gasteiger partial charge on any atom is -0.444 e. The van der Waals surface area contributed by atoms with Crippen molar-refractivity contribution < 1.29 is 19.1 Å². The van der Waals surface area contributed by atoms with Gasteiger partial charge in [0.2, 0.25) is 0 Å². The number of alkyl carbamates (subject to hydrolysis) is 1. The number of nitrogens with one attached hydrogen (secondary N) is 1. The predicted molar refractivity (Wildman–Crippen MR) is 156 cm³/mol. The van der Waals surface area contributed by atoms with Crippen molar-refractivity contribution in [3.8, 4) is 11.1 Å². The number of carbonyl (C=O) groups excluding carboxylic acids is 2. The number of hydrogen-bond acceptors (Lipinski definition) is 6. The van der Waals surface area contributed by atoms with Crippen molar-refractivity contribution in [3.05, 3.63) is 48.2 Å². The number of fused-ring (bicyclic) bond motifs is 1. The first-order valence-corrected chi connectivity index (χ1v) is 13.9. The van der Waals surface area contributed by atoms with Crippen LogP contribution in [0.2, 0.25) is 0 Å². The summed E-state index contributed by atoms with van der Waals surface area (Å²) in [4.78, 5) is 27.4. The van der Waals surface area contributed by atoms with E-state index in [1.165, 1.54) is 11.1 Å². The van der Waals surface area contributed by atoms with Crippen LogP contribution in [0, 0.1) is 0 Å². The summed E-state index contributed by atoms with van der Waals surface area (Å²) < 4.78 is 12.3. The molecule has 210 valence electrons. The standard InChI is InChI=1S/C31H42N4O4/c1-21(19-32-28(36)38-30(2,3)4)22-11-13-23(14-12-22)24-15-16-26-25(27(24)34-17-9-8-10-18-34)20-33-35(26)29(37)39-31(5,6)7/h11-16,20-21H,8-10,17-19H2,1-7H3,(H,32,36). The van der Waals surface area contributed by atoms with E-state index in [-0.39, 0.29) is 5.92 Å². The van der Waals surface area contributed by atoms with Crippen molar-refractivity contribution in [1.29, 1.82) is 0 Å². The average molecular weight is 535 g/mol. The normalized spacial score (nSPS) is 15.2. The second kappa shape index (κ2) is 11.3. The van der Waals surface area contributed by atoms with Gasteiger partial charge in [-0.2, -0.15) is 9.78 Å². The molecule has 0 saturated carbocycles. The highest BCUT2D eigenvalue weighted by Crippen LogP contribution is 2.39. The molecule has 2 heterocycles. The summed E-state index contributed by atoms with van der Waals surface area (Å²) in [5.74, 6) is 0.127. The lowest BCUT2D eigenvalue weighted by Gasteiger charge is -2.31. The summed E-state index contributed by atoms with van der Waals surface area (Å²) in [7, 11) is 0. The number of anilines is 1. The zero-order valence-corrected chi connectivity index (χ0v) is 24.3. The fourth-order valence-corrected chi connectivity index (χ4v) is 4.89. The number of rotatable bonds is 5. The Morgan fingerprint density at radius 3 is 2.18 bits per heavy atom. The number of piperidine rings is 1. The first-order valence-electron chi connectivity index (χ1n) is 13.9. The summed E-state index contributed by atoms with van der Waals surface area (Å²) in [6, 6.07) is 12.5. The Labute approximate surface area is 231 Å². The zero-order chi connectivity index (χ0) is 28.4. The maximum absolute atomic E-state index is 12.9. The van der Waals surface area contributed by atoms with Gasteiger partial charge in [-0.3, -0.25) is 0 Å². The first-order chi connectivity index (χ1) is 18.3. The molecule has 0 bridgehead atoms. The molecule has 1 aromatic heterocycles. The van der Waals surface area contributed by atoms with Gasteiger partial charge in [0.15, 0.2) is 0 Å². The third-order valence-electron chi connectivity index (χ3n) is 6.71. The number of hydrogen-bond donors (Lipinski definition) is 1. The van der Waals surface area contributed by atoms with Gasteiger partial charge in [-0.25, -0.2) is 9.59 Å². The van der Waals surface area contributed by atoms with Crippen LogP contribution < -0.4 is 10.2 Å². The lowest BCUT2D eigenvalue weighted by atomic mass is 9.95. The van der Waals surface area contributed by atoms with Gasteiger partial charge >= 0.3 is 12.2 Å². The van der Waals surface area contributed by atoms with E-state index in [0.29, 0.717) is 6.54 Å². The van der Waals surface area contributed by atoms with Crippen molar-refractivity contribution in [2.45, 2.75) is 84.8 Å². The topological polar surface area (TPSA) is 85.7 Å². The minimum absolute atomic E-state index is 0.127. The highest BCUT2D eigenvalue weighted by Gasteiger charge is 2.25. The van der Waals surface area contributed by atoms with Crippen LogP contribution >= 0.6 is 0 Å². The number of amides is 1. The van der Waals surface area contributed by atoms with Crippen molar-refractivity contribution >= 4 is 28.8 Å². The number of nitrogens with zero attached hydrogens (tertiary/aromatic N) is 3. The van der Waals surface area contributed by atoms with Crippen LogP contribution in [0.5, 0.6) is 0 Å². The third-order valence-corrected chi connectivity index (χ3v) is 6.71. The molecule has 1 unspecified atom stereocenters. The van der Waals surface area contributed by atoms with E-state index in [1.54, 1.807) is 6.20 Å². The van der Waals surface area contributed by atoms with Gasteiger partial charge in [0.1, 0.15) is 11.2 Å². The fraction of sp³-hybridized carbons (Fsp3) is 0.516. The zero-order valence-electron chi connectivity index (χ0n) is 24.3. The van der Waals surface area contributed by atoms with E-state index in [9.17, 15) is 9.59 Å². The van der Waals surface area contributed by atoms with Gasteiger partial charge in [0.05, 0.1) is 17.4 Å². The Balaban J connectivity index is 1.62. The molecule has 2 aromatic carbocycles. The van der Waals surface area contributed by atoms with Crippen LogP contribution in [-0.4, -0.2) is 52.8 Å². The van der Waals surface area contributed by atoms with E-state index < -0.39 is 23.4 Å². The Morgan fingerprint density at radius 2 is 1.56 bits per heavy atom. The van der Waals surface area contributed by atoms with Gasteiger partial charge in [0.25, 0.3) is 0 Å². The van der Waals surface area contributed by atoms with Crippen LogP contribution in [0.1, 0.15) is 79.2 Å². The molecule has 0 spiro atoms. The van der Waals surface area contributed by atoms with Gasteiger partial charge < -0.3 is 19.7 Å². The van der Waals surface area contributed by atoms with E-state index in [4.69, 9.17) is 9.47 Å². The fourth-order valence-electron chi connectivity index (χ4n) is 4.89. The summed E-state index contributed by atoms with van der Waals surface area (Å²) in [5, 5.41) is 8.24. The third kappa shape index (κ3) is 7.11. The van der Waals surface area contributed by atoms with E-state index in [2.05, 4.69) is 52.6 Å². The van der Waals surface area contributed by atoms with Crippen LogP contribution in [0.4, 0.5) is 15.3 Å². The lowest BCUT2D eigenvalue weighted by molar-refractivity contribution is 0.0512. The number of carbonyl (C=O) groups is 2. The van der Waals surface area contributed by atoms with Crippen LogP contribution in [-0.2, 0) is 9.47 Å². The molecule has 0 radical (unpaired) electrons. The molecular weight excluding hydrogens is 492 g/mol. The van der Waals surface area contributed by atoms with Crippen LogP contribution in [0.15, 0.2) is 42.6 Å². The number of aromatic nitrogens is 2. The van der Waals surface area contributed by atoms with Crippen molar-refractivity contribution in [2.75, 3.05) is 24.5 Å². The van der Waals surface area contributed by atoms with E-state index >= 15 is 0 Å². The maximum Gasteiger partial charge on any atom is 0.435 e. The largest absolute Gasteiger partial charge is 0.444 e. The van der Waals surface area contributed by atoms with E-state index in [1.807, 2.05) is 47.6 Å². The van der Waals surface area contributed by atoms with Gasteiger partial charge in [-0.15, -0.1) is 0 Å². The second-order valence-electron chi connectivity index (χ2n) is 12.4. The van der Waals surface area contributed by atoms with Gasteiger partial charge in [-0.1, -0.05) is 37.3 Å². The molecule has 3 aromatic rings. The molecule has 8 nitrogen and oxygen atoms in total. The molecule has 1 aliphatic rings. The summed E-state index contributed by atoms with van der Waals surface area (Å²) in [5.41, 5.74) is 4.06. The first kappa shape index (κ1) is 28.5. The molecular formula is C31H42N4O4. The van der Waals surface area contributed by atoms with Gasteiger partial charge in [0, 0.05) is 30.6 Å². The predicted octanol–water partition coefficient (Wildman–Crippen LogP) is 7.11. The molecule has 1 atom stereocenters. The van der Waals surface area contributed by atoms with E-state index in [0.717, 1.165) is 59.2 Å². The Hall–Kier alpha value is -3.55. The monoisotopic (exact) mass is 534 g/mol. The number of benzene rings is 2. The Bertz CT molecular complexity index is 1310. The molecule has 1 N–H and O–H groups in total. The Kier molecular flexibility index (Phi) is 8.23. The maximum atomic E-state index is 12.9.